The number of para-hydroxylation sites is 1. The molecular weight excluding hydrogens is 384 g/mol. The zero-order valence-corrected chi connectivity index (χ0v) is 18.1. The van der Waals surface area contributed by atoms with Crippen molar-refractivity contribution in [3.8, 4) is 11.5 Å². The van der Waals surface area contributed by atoms with Gasteiger partial charge in [-0.05, 0) is 63.2 Å². The Labute approximate surface area is 177 Å². The van der Waals surface area contributed by atoms with Gasteiger partial charge in [0.2, 0.25) is 5.91 Å². The molecule has 2 aromatic carbocycles. The smallest absolute Gasteiger partial charge is 0.344 e. The predicted molar refractivity (Wildman–Crippen MR) is 116 cm³/mol. The second kappa shape index (κ2) is 11.8. The third-order valence-electron chi connectivity index (χ3n) is 4.39. The average molecular weight is 415 g/mol. The van der Waals surface area contributed by atoms with Crippen LogP contribution in [-0.4, -0.2) is 56.7 Å². The molecule has 162 valence electrons. The Morgan fingerprint density at radius 3 is 2.17 bits per heavy atom. The first-order chi connectivity index (χ1) is 14.4. The highest BCUT2D eigenvalue weighted by Crippen LogP contribution is 2.19. The van der Waals surface area contributed by atoms with Crippen LogP contribution in [0.1, 0.15) is 18.1 Å². The molecule has 0 aromatic heterocycles. The van der Waals surface area contributed by atoms with E-state index in [-0.39, 0.29) is 19.1 Å². The quantitative estimate of drug-likeness (QED) is 0.569. The zero-order chi connectivity index (χ0) is 21.9. The molecule has 1 N–H and O–H groups in total. The molecule has 0 atom stereocenters. The normalized spacial score (nSPS) is 10.6. The summed E-state index contributed by atoms with van der Waals surface area (Å²) < 4.78 is 15.9. The highest BCUT2D eigenvalue weighted by Gasteiger charge is 2.10. The molecule has 0 bridgehead atoms. The summed E-state index contributed by atoms with van der Waals surface area (Å²) in [6.45, 7) is 7.23. The number of benzene rings is 2. The number of carbonyl (C=O) groups is 2. The van der Waals surface area contributed by atoms with Gasteiger partial charge < -0.3 is 19.5 Å². The van der Waals surface area contributed by atoms with Crippen molar-refractivity contribution >= 4 is 17.6 Å². The number of ether oxygens (including phenoxy) is 3. The van der Waals surface area contributed by atoms with Gasteiger partial charge in [-0.1, -0.05) is 18.2 Å². The number of amides is 1. The number of nitrogens with one attached hydrogen (secondary N) is 1. The van der Waals surface area contributed by atoms with Gasteiger partial charge in [-0.2, -0.15) is 0 Å². The lowest BCUT2D eigenvalue weighted by atomic mass is 10.1. The first-order valence-electron chi connectivity index (χ1n) is 9.95. The minimum atomic E-state index is -0.400. The Morgan fingerprint density at radius 2 is 1.57 bits per heavy atom. The topological polar surface area (TPSA) is 77.1 Å². The minimum absolute atomic E-state index is 0.0574. The summed E-state index contributed by atoms with van der Waals surface area (Å²) in [5.41, 5.74) is 2.96. The molecule has 0 aliphatic rings. The summed E-state index contributed by atoms with van der Waals surface area (Å²) in [6, 6.07) is 12.9. The van der Waals surface area contributed by atoms with E-state index in [9.17, 15) is 9.59 Å². The highest BCUT2D eigenvalue weighted by molar-refractivity contribution is 5.93. The van der Waals surface area contributed by atoms with Crippen LogP contribution in [-0.2, 0) is 14.3 Å². The molecule has 0 saturated carbocycles. The molecule has 30 heavy (non-hydrogen) atoms. The van der Waals surface area contributed by atoms with Crippen LogP contribution in [0.15, 0.2) is 42.5 Å². The van der Waals surface area contributed by atoms with E-state index in [4.69, 9.17) is 14.2 Å². The zero-order valence-electron chi connectivity index (χ0n) is 18.1. The van der Waals surface area contributed by atoms with Gasteiger partial charge in [0, 0.05) is 12.2 Å². The van der Waals surface area contributed by atoms with Gasteiger partial charge in [-0.15, -0.1) is 0 Å². The van der Waals surface area contributed by atoms with Crippen molar-refractivity contribution in [1.82, 2.24) is 4.90 Å². The van der Waals surface area contributed by atoms with Crippen molar-refractivity contribution < 1.29 is 23.8 Å². The number of likely N-dealkylation sites (N-methyl/N-ethyl adjacent to an activating group) is 1. The van der Waals surface area contributed by atoms with Crippen LogP contribution in [0.2, 0.25) is 0 Å². The molecule has 0 heterocycles. The van der Waals surface area contributed by atoms with E-state index in [1.54, 1.807) is 31.2 Å². The number of anilines is 1. The summed E-state index contributed by atoms with van der Waals surface area (Å²) in [4.78, 5) is 25.5. The summed E-state index contributed by atoms with van der Waals surface area (Å²) in [5.74, 6) is 0.794. The van der Waals surface area contributed by atoms with Crippen LogP contribution in [0.5, 0.6) is 11.5 Å². The number of rotatable bonds is 11. The minimum Gasteiger partial charge on any atom is -0.492 e. The van der Waals surface area contributed by atoms with Crippen molar-refractivity contribution in [3.63, 3.8) is 0 Å². The molecule has 2 aromatic rings. The van der Waals surface area contributed by atoms with E-state index in [1.807, 2.05) is 44.0 Å². The molecule has 2 rings (SSSR count). The number of hydrogen-bond acceptors (Lipinski definition) is 6. The van der Waals surface area contributed by atoms with Gasteiger partial charge in [-0.3, -0.25) is 9.69 Å². The third-order valence-corrected chi connectivity index (χ3v) is 4.39. The SMILES string of the molecule is CCOC(=O)COc1ccc(OCCN(C)CC(=O)Nc2c(C)cccc2C)cc1. The van der Waals surface area contributed by atoms with Crippen LogP contribution in [0.25, 0.3) is 0 Å². The van der Waals surface area contributed by atoms with E-state index >= 15 is 0 Å². The lowest BCUT2D eigenvalue weighted by Gasteiger charge is -2.18. The van der Waals surface area contributed by atoms with Crippen LogP contribution in [0.4, 0.5) is 5.69 Å². The van der Waals surface area contributed by atoms with E-state index in [2.05, 4.69) is 5.32 Å². The van der Waals surface area contributed by atoms with Gasteiger partial charge >= 0.3 is 5.97 Å². The lowest BCUT2D eigenvalue weighted by molar-refractivity contribution is -0.145. The third kappa shape index (κ3) is 7.75. The van der Waals surface area contributed by atoms with Crippen molar-refractivity contribution in [3.05, 3.63) is 53.6 Å². The summed E-state index contributed by atoms with van der Waals surface area (Å²) in [5, 5.41) is 2.98. The van der Waals surface area contributed by atoms with Gasteiger partial charge in [0.05, 0.1) is 13.2 Å². The van der Waals surface area contributed by atoms with E-state index in [0.29, 0.717) is 31.3 Å². The molecule has 7 heteroatoms. The maximum absolute atomic E-state index is 12.3. The fourth-order valence-electron chi connectivity index (χ4n) is 2.81. The van der Waals surface area contributed by atoms with Crippen LogP contribution >= 0.6 is 0 Å². The molecule has 0 radical (unpaired) electrons. The largest absolute Gasteiger partial charge is 0.492 e. The molecule has 0 fully saturated rings. The molecule has 1 amide bonds. The molecule has 0 saturated heterocycles. The first-order valence-corrected chi connectivity index (χ1v) is 9.95. The Bertz CT molecular complexity index is 816. The van der Waals surface area contributed by atoms with Gasteiger partial charge in [0.25, 0.3) is 0 Å². The Kier molecular flexibility index (Phi) is 9.15. The molecule has 0 aliphatic heterocycles. The van der Waals surface area contributed by atoms with Crippen LogP contribution in [0.3, 0.4) is 0 Å². The van der Waals surface area contributed by atoms with Crippen LogP contribution in [0, 0.1) is 13.8 Å². The van der Waals surface area contributed by atoms with Crippen molar-refractivity contribution in [2.75, 3.05) is 45.3 Å². The monoisotopic (exact) mass is 414 g/mol. The second-order valence-electron chi connectivity index (χ2n) is 6.97. The first kappa shape index (κ1) is 23.2. The summed E-state index contributed by atoms with van der Waals surface area (Å²) in [6.07, 6.45) is 0. The molecule has 0 unspecified atom stereocenters. The van der Waals surface area contributed by atoms with Gasteiger partial charge in [0.1, 0.15) is 18.1 Å². The number of aryl methyl sites for hydroxylation is 2. The summed E-state index contributed by atoms with van der Waals surface area (Å²) in [7, 11) is 1.87. The van der Waals surface area contributed by atoms with E-state index in [1.165, 1.54) is 0 Å². The lowest BCUT2D eigenvalue weighted by Crippen LogP contribution is -2.33. The Balaban J connectivity index is 1.70. The van der Waals surface area contributed by atoms with Crippen molar-refractivity contribution in [2.45, 2.75) is 20.8 Å². The molecule has 7 nitrogen and oxygen atoms in total. The number of esters is 1. The number of carbonyl (C=O) groups excluding carboxylic acids is 2. The standard InChI is InChI=1S/C23H30N2O5/c1-5-28-22(27)16-30-20-11-9-19(10-12-20)29-14-13-25(4)15-21(26)24-23-17(2)7-6-8-18(23)3/h6-12H,5,13-16H2,1-4H3,(H,24,26). The summed E-state index contributed by atoms with van der Waals surface area (Å²) >= 11 is 0. The predicted octanol–water partition coefficient (Wildman–Crippen LogP) is 3.19. The van der Waals surface area contributed by atoms with Crippen molar-refractivity contribution in [2.24, 2.45) is 0 Å². The molecule has 0 aliphatic carbocycles. The van der Waals surface area contributed by atoms with Crippen LogP contribution < -0.4 is 14.8 Å². The Morgan fingerprint density at radius 1 is 0.967 bits per heavy atom. The molecular formula is C23H30N2O5. The number of nitrogens with zero attached hydrogens (tertiary/aromatic N) is 1. The van der Waals surface area contributed by atoms with Crippen molar-refractivity contribution in [1.29, 1.82) is 0 Å². The number of hydrogen-bond donors (Lipinski definition) is 1. The fraction of sp³-hybridized carbons (Fsp3) is 0.391. The van der Waals surface area contributed by atoms with Gasteiger partial charge in [0.15, 0.2) is 6.61 Å². The maximum Gasteiger partial charge on any atom is 0.344 e. The molecule has 0 spiro atoms. The van der Waals surface area contributed by atoms with Gasteiger partial charge in [-0.25, -0.2) is 4.79 Å². The van der Waals surface area contributed by atoms with E-state index < -0.39 is 5.97 Å². The second-order valence-corrected chi connectivity index (χ2v) is 6.97. The average Bonchev–Trinajstić information content (AvgIpc) is 2.70. The highest BCUT2D eigenvalue weighted by atomic mass is 16.6. The van der Waals surface area contributed by atoms with E-state index in [0.717, 1.165) is 16.8 Å². The Hall–Kier alpha value is -3.06. The fourth-order valence-corrected chi connectivity index (χ4v) is 2.81. The maximum atomic E-state index is 12.3.